The number of hydrogen-bond acceptors (Lipinski definition) is 1. The molecular formula is C29H31NSi. The number of aryl methyl sites for hydroxylation is 1. The SMILES string of the molecule is [2H]C(C)(c1ccc(C)cc1)c1cc(-c2cccc(-c3ccccc3)c2)ncc1[Si](C)(C)C. The summed E-state index contributed by atoms with van der Waals surface area (Å²) >= 11 is 0. The van der Waals surface area contributed by atoms with Gasteiger partial charge in [0.05, 0.1) is 13.8 Å². The Morgan fingerprint density at radius 1 is 0.774 bits per heavy atom. The van der Waals surface area contributed by atoms with Gasteiger partial charge < -0.3 is 0 Å². The van der Waals surface area contributed by atoms with E-state index < -0.39 is 14.0 Å². The Labute approximate surface area is 189 Å². The Morgan fingerprint density at radius 3 is 2.10 bits per heavy atom. The maximum absolute atomic E-state index is 9.43. The molecule has 156 valence electrons. The summed E-state index contributed by atoms with van der Waals surface area (Å²) in [6.07, 6.45) is 2.03. The third kappa shape index (κ3) is 4.70. The average Bonchev–Trinajstić information content (AvgIpc) is 2.79. The first-order chi connectivity index (χ1) is 15.2. The van der Waals surface area contributed by atoms with Gasteiger partial charge in [0, 0.05) is 19.0 Å². The Bertz CT molecular complexity index is 1220. The highest BCUT2D eigenvalue weighted by Gasteiger charge is 2.24. The van der Waals surface area contributed by atoms with Gasteiger partial charge in [0.2, 0.25) is 0 Å². The van der Waals surface area contributed by atoms with E-state index in [0.29, 0.717) is 0 Å². The second-order valence-corrected chi connectivity index (χ2v) is 14.3. The highest BCUT2D eigenvalue weighted by atomic mass is 28.3. The summed E-state index contributed by atoms with van der Waals surface area (Å²) in [6, 6.07) is 29.5. The van der Waals surface area contributed by atoms with Crippen molar-refractivity contribution in [2.24, 2.45) is 0 Å². The third-order valence-electron chi connectivity index (χ3n) is 5.87. The third-order valence-corrected chi connectivity index (χ3v) is 7.88. The number of benzene rings is 3. The summed E-state index contributed by atoms with van der Waals surface area (Å²) in [5, 5.41) is 1.25. The Kier molecular flexibility index (Phi) is 5.56. The van der Waals surface area contributed by atoms with E-state index in [1.165, 1.54) is 21.9 Å². The molecule has 1 atom stereocenters. The van der Waals surface area contributed by atoms with Crippen molar-refractivity contribution < 1.29 is 1.37 Å². The summed E-state index contributed by atoms with van der Waals surface area (Å²) in [6.45, 7) is 11.1. The lowest BCUT2D eigenvalue weighted by molar-refractivity contribution is 0.924. The molecular weight excluding hydrogens is 390 g/mol. The molecule has 4 rings (SSSR count). The van der Waals surface area contributed by atoms with Gasteiger partial charge in [-0.05, 0) is 46.5 Å². The van der Waals surface area contributed by atoms with Gasteiger partial charge in [-0.15, -0.1) is 0 Å². The van der Waals surface area contributed by atoms with Gasteiger partial charge in [0.15, 0.2) is 0 Å². The fourth-order valence-corrected chi connectivity index (χ4v) is 5.49. The lowest BCUT2D eigenvalue weighted by Gasteiger charge is -2.25. The summed E-state index contributed by atoms with van der Waals surface area (Å²) in [7, 11) is -1.70. The zero-order valence-electron chi connectivity index (χ0n) is 20.1. The van der Waals surface area contributed by atoms with Gasteiger partial charge in [0.25, 0.3) is 0 Å². The first-order valence-corrected chi connectivity index (χ1v) is 14.4. The van der Waals surface area contributed by atoms with Crippen LogP contribution in [0, 0.1) is 6.92 Å². The summed E-state index contributed by atoms with van der Waals surface area (Å²) < 4.78 is 9.43. The van der Waals surface area contributed by atoms with Crippen molar-refractivity contribution in [1.29, 1.82) is 0 Å². The molecule has 1 aromatic heterocycles. The van der Waals surface area contributed by atoms with Gasteiger partial charge >= 0.3 is 0 Å². The van der Waals surface area contributed by atoms with E-state index in [2.05, 4.69) is 105 Å². The van der Waals surface area contributed by atoms with Crippen LogP contribution in [0.2, 0.25) is 19.6 Å². The molecule has 0 aliphatic rings. The Morgan fingerprint density at radius 2 is 1.42 bits per heavy atom. The van der Waals surface area contributed by atoms with Crippen LogP contribution in [0.15, 0.2) is 91.1 Å². The van der Waals surface area contributed by atoms with Crippen LogP contribution in [-0.4, -0.2) is 13.1 Å². The van der Waals surface area contributed by atoms with Gasteiger partial charge in [-0.1, -0.05) is 105 Å². The van der Waals surface area contributed by atoms with Crippen molar-refractivity contribution in [3.05, 3.63) is 108 Å². The minimum Gasteiger partial charge on any atom is -0.256 e. The summed E-state index contributed by atoms with van der Waals surface area (Å²) in [5.41, 5.74) is 7.66. The monoisotopic (exact) mass is 422 g/mol. The van der Waals surface area contributed by atoms with E-state index >= 15 is 0 Å². The predicted molar refractivity (Wildman–Crippen MR) is 137 cm³/mol. The zero-order valence-corrected chi connectivity index (χ0v) is 20.1. The molecule has 3 aromatic carbocycles. The van der Waals surface area contributed by atoms with Crippen molar-refractivity contribution in [2.75, 3.05) is 0 Å². The van der Waals surface area contributed by atoms with E-state index in [4.69, 9.17) is 4.98 Å². The minimum absolute atomic E-state index is 0.849. The van der Waals surface area contributed by atoms with Gasteiger partial charge in [-0.25, -0.2) is 0 Å². The lowest BCUT2D eigenvalue weighted by Crippen LogP contribution is -2.41. The molecule has 0 amide bonds. The molecule has 0 N–H and O–H groups in total. The molecule has 0 bridgehead atoms. The van der Waals surface area contributed by atoms with Crippen LogP contribution >= 0.6 is 0 Å². The average molecular weight is 423 g/mol. The van der Waals surface area contributed by atoms with Gasteiger partial charge in [-0.3, -0.25) is 4.98 Å². The molecule has 1 heterocycles. The molecule has 31 heavy (non-hydrogen) atoms. The van der Waals surface area contributed by atoms with Crippen molar-refractivity contribution in [2.45, 2.75) is 39.4 Å². The molecule has 0 spiro atoms. The maximum Gasteiger partial charge on any atom is 0.0800 e. The molecule has 0 saturated heterocycles. The van der Waals surface area contributed by atoms with E-state index in [0.717, 1.165) is 22.4 Å². The standard InChI is InChI=1S/C29H31NSi/c1-21-14-16-23(17-15-21)22(2)27-19-28(30-20-29(27)31(3,4)5)26-13-9-12-25(18-26)24-10-7-6-8-11-24/h6-20,22H,1-5H3/i22D. The quantitative estimate of drug-likeness (QED) is 0.305. The fraction of sp³-hybridized carbons (Fsp3) is 0.207. The molecule has 0 saturated carbocycles. The van der Waals surface area contributed by atoms with Crippen LogP contribution in [0.3, 0.4) is 0 Å². The van der Waals surface area contributed by atoms with Crippen LogP contribution in [0.5, 0.6) is 0 Å². The van der Waals surface area contributed by atoms with E-state index in [-0.39, 0.29) is 0 Å². The van der Waals surface area contributed by atoms with Crippen molar-refractivity contribution >= 4 is 13.3 Å². The van der Waals surface area contributed by atoms with Crippen LogP contribution in [0.1, 0.15) is 30.9 Å². The number of aromatic nitrogens is 1. The smallest absolute Gasteiger partial charge is 0.0800 e. The number of rotatable bonds is 5. The topological polar surface area (TPSA) is 12.9 Å². The normalized spacial score (nSPS) is 14.0. The van der Waals surface area contributed by atoms with Crippen LogP contribution in [0.4, 0.5) is 0 Å². The van der Waals surface area contributed by atoms with E-state index in [9.17, 15) is 1.37 Å². The van der Waals surface area contributed by atoms with E-state index in [1.807, 2.05) is 19.2 Å². The number of pyridine rings is 1. The van der Waals surface area contributed by atoms with Crippen LogP contribution in [-0.2, 0) is 0 Å². The molecule has 4 aromatic rings. The Hall–Kier alpha value is -2.97. The lowest BCUT2D eigenvalue weighted by atomic mass is 9.91. The fourth-order valence-electron chi connectivity index (χ4n) is 3.97. The molecule has 0 radical (unpaired) electrons. The van der Waals surface area contributed by atoms with Crippen molar-refractivity contribution in [3.63, 3.8) is 0 Å². The largest absolute Gasteiger partial charge is 0.256 e. The van der Waals surface area contributed by atoms with Crippen LogP contribution in [0.25, 0.3) is 22.4 Å². The minimum atomic E-state index is -1.70. The predicted octanol–water partition coefficient (Wildman–Crippen LogP) is 7.42. The molecule has 1 unspecified atom stereocenters. The number of nitrogens with zero attached hydrogens (tertiary/aromatic N) is 1. The first-order valence-electron chi connectivity index (χ1n) is 11.4. The van der Waals surface area contributed by atoms with Gasteiger partial charge in [0.1, 0.15) is 0 Å². The Balaban J connectivity index is 1.86. The molecule has 0 aliphatic carbocycles. The second-order valence-electron chi connectivity index (χ2n) is 9.30. The van der Waals surface area contributed by atoms with Crippen molar-refractivity contribution in [1.82, 2.24) is 4.98 Å². The highest BCUT2D eigenvalue weighted by Crippen LogP contribution is 2.30. The highest BCUT2D eigenvalue weighted by molar-refractivity contribution is 6.89. The summed E-state index contributed by atoms with van der Waals surface area (Å²) in [4.78, 5) is 4.88. The van der Waals surface area contributed by atoms with Gasteiger partial charge in [-0.2, -0.15) is 0 Å². The van der Waals surface area contributed by atoms with Crippen LogP contribution < -0.4 is 5.19 Å². The molecule has 1 nitrogen and oxygen atoms in total. The molecule has 0 aliphatic heterocycles. The number of hydrogen-bond donors (Lipinski definition) is 0. The van der Waals surface area contributed by atoms with Crippen molar-refractivity contribution in [3.8, 4) is 22.4 Å². The summed E-state index contributed by atoms with van der Waals surface area (Å²) in [5.74, 6) is -0.849. The van der Waals surface area contributed by atoms with E-state index in [1.54, 1.807) is 0 Å². The second kappa shape index (κ2) is 8.64. The first kappa shape index (κ1) is 20.0. The molecule has 2 heteroatoms. The maximum atomic E-state index is 9.43. The molecule has 0 fully saturated rings. The zero-order chi connectivity index (χ0) is 22.9.